The monoisotopic (exact) mass is 393 g/mol. The minimum Gasteiger partial charge on any atom is -0.481 e. The van der Waals surface area contributed by atoms with E-state index in [4.69, 9.17) is 5.11 Å². The molecule has 150 valence electrons. The van der Waals surface area contributed by atoms with Crippen LogP contribution in [0.2, 0.25) is 0 Å². The number of hydrogen-bond donors (Lipinski definition) is 2. The number of hydrogen-bond acceptors (Lipinski definition) is 3. The first-order valence-electron chi connectivity index (χ1n) is 8.80. The Hall–Kier alpha value is -2.67. The van der Waals surface area contributed by atoms with Crippen molar-refractivity contribution in [3.05, 3.63) is 58.7 Å². The molecule has 4 nitrogen and oxygen atoms in total. The minimum absolute atomic E-state index is 0.00591. The summed E-state index contributed by atoms with van der Waals surface area (Å²) in [5, 5.41) is 12.1. The molecule has 0 amide bonds. The van der Waals surface area contributed by atoms with Crippen LogP contribution in [0.25, 0.3) is 11.1 Å². The van der Waals surface area contributed by atoms with Crippen molar-refractivity contribution in [1.82, 2.24) is 5.32 Å². The molecule has 2 rings (SSSR count). The lowest BCUT2D eigenvalue weighted by atomic mass is 9.93. The first-order chi connectivity index (χ1) is 13.1. The Balaban J connectivity index is 2.41. The van der Waals surface area contributed by atoms with Gasteiger partial charge in [-0.15, -0.1) is 0 Å². The molecular formula is C21H22F3NO3. The van der Waals surface area contributed by atoms with Crippen LogP contribution >= 0.6 is 0 Å². The van der Waals surface area contributed by atoms with Gasteiger partial charge >= 0.3 is 12.1 Å². The Bertz CT molecular complexity index is 876. The largest absolute Gasteiger partial charge is 0.481 e. The zero-order chi connectivity index (χ0) is 20.9. The molecule has 0 aliphatic carbocycles. The van der Waals surface area contributed by atoms with Crippen LogP contribution in [0.1, 0.15) is 35.6 Å². The zero-order valence-electron chi connectivity index (χ0n) is 15.7. The van der Waals surface area contributed by atoms with E-state index >= 15 is 0 Å². The van der Waals surface area contributed by atoms with Crippen molar-refractivity contribution in [2.75, 3.05) is 6.54 Å². The number of halogens is 3. The maximum absolute atomic E-state index is 13.1. The van der Waals surface area contributed by atoms with E-state index in [1.807, 2.05) is 0 Å². The van der Waals surface area contributed by atoms with Gasteiger partial charge in [-0.2, -0.15) is 13.2 Å². The Labute approximate surface area is 161 Å². The number of ketones is 1. The number of alkyl halides is 3. The standard InChI is InChI=1S/C21H22F3NO3/c1-13-3-4-15(9-16(13)11-20(27)28)19-6-5-18(21(22,23)24)10-17(19)12-25-8-7-14(2)26/h3-6,9-10,25H,7-8,11-12H2,1-2H3,(H,27,28). The van der Waals surface area contributed by atoms with Crippen molar-refractivity contribution >= 4 is 11.8 Å². The van der Waals surface area contributed by atoms with E-state index in [9.17, 15) is 22.8 Å². The Morgan fingerprint density at radius 3 is 2.39 bits per heavy atom. The van der Waals surface area contributed by atoms with Crippen molar-refractivity contribution in [3.8, 4) is 11.1 Å². The number of benzene rings is 2. The fraction of sp³-hybridized carbons (Fsp3) is 0.333. The third kappa shape index (κ3) is 5.92. The number of aryl methyl sites for hydroxylation is 1. The van der Waals surface area contributed by atoms with E-state index in [-0.39, 0.29) is 18.7 Å². The lowest BCUT2D eigenvalue weighted by molar-refractivity contribution is -0.138. The molecule has 0 aliphatic rings. The quantitative estimate of drug-likeness (QED) is 0.654. The molecule has 0 fully saturated rings. The number of carboxylic acids is 1. The average molecular weight is 393 g/mol. The highest BCUT2D eigenvalue weighted by Gasteiger charge is 2.31. The molecule has 0 radical (unpaired) electrons. The predicted molar refractivity (Wildman–Crippen MR) is 100.0 cm³/mol. The van der Waals surface area contributed by atoms with Crippen LogP contribution in [0.3, 0.4) is 0 Å². The zero-order valence-corrected chi connectivity index (χ0v) is 15.7. The van der Waals surface area contributed by atoms with Gasteiger partial charge in [0.15, 0.2) is 0 Å². The second-order valence-electron chi connectivity index (χ2n) is 6.71. The molecule has 2 N–H and O–H groups in total. The maximum atomic E-state index is 13.1. The number of carbonyl (C=O) groups excluding carboxylic acids is 1. The first kappa shape index (κ1) is 21.6. The van der Waals surface area contributed by atoms with Gasteiger partial charge in [0.2, 0.25) is 0 Å². The van der Waals surface area contributed by atoms with Gasteiger partial charge in [-0.1, -0.05) is 24.3 Å². The van der Waals surface area contributed by atoms with E-state index < -0.39 is 17.7 Å². The summed E-state index contributed by atoms with van der Waals surface area (Å²) in [5.41, 5.74) is 2.34. The number of nitrogens with one attached hydrogen (secondary N) is 1. The smallest absolute Gasteiger partial charge is 0.416 e. The SMILES string of the molecule is CC(=O)CCNCc1cc(C(F)(F)F)ccc1-c1ccc(C)c(CC(=O)O)c1. The molecular weight excluding hydrogens is 371 g/mol. The second-order valence-corrected chi connectivity index (χ2v) is 6.71. The summed E-state index contributed by atoms with van der Waals surface area (Å²) >= 11 is 0. The lowest BCUT2D eigenvalue weighted by Crippen LogP contribution is -2.18. The van der Waals surface area contributed by atoms with Gasteiger partial charge in [0, 0.05) is 19.5 Å². The van der Waals surface area contributed by atoms with Gasteiger partial charge in [-0.25, -0.2) is 0 Å². The van der Waals surface area contributed by atoms with Crippen molar-refractivity contribution < 1.29 is 27.9 Å². The van der Waals surface area contributed by atoms with Crippen LogP contribution < -0.4 is 5.32 Å². The number of carboxylic acid groups (broad SMARTS) is 1. The number of Topliss-reactive ketones (excluding diaryl/α,β-unsaturated/α-hetero) is 1. The molecule has 0 heterocycles. The van der Waals surface area contributed by atoms with Crippen LogP contribution in [0.5, 0.6) is 0 Å². The van der Waals surface area contributed by atoms with E-state index in [2.05, 4.69) is 5.32 Å². The van der Waals surface area contributed by atoms with Gasteiger partial charge in [-0.05, 0) is 53.8 Å². The molecule has 0 spiro atoms. The molecule has 2 aromatic carbocycles. The molecule has 0 saturated carbocycles. The molecule has 0 aromatic heterocycles. The molecule has 0 unspecified atom stereocenters. The van der Waals surface area contributed by atoms with Crippen LogP contribution in [-0.4, -0.2) is 23.4 Å². The summed E-state index contributed by atoms with van der Waals surface area (Å²) in [5.74, 6) is -0.979. The maximum Gasteiger partial charge on any atom is 0.416 e. The highest BCUT2D eigenvalue weighted by molar-refractivity contribution is 5.75. The normalized spacial score (nSPS) is 11.5. The summed E-state index contributed by atoms with van der Waals surface area (Å²) in [7, 11) is 0. The van der Waals surface area contributed by atoms with Gasteiger partial charge in [0.05, 0.1) is 12.0 Å². The summed E-state index contributed by atoms with van der Waals surface area (Å²) in [6.45, 7) is 3.77. The van der Waals surface area contributed by atoms with Crippen LogP contribution in [0, 0.1) is 6.92 Å². The Morgan fingerprint density at radius 2 is 1.79 bits per heavy atom. The third-order valence-electron chi connectivity index (χ3n) is 4.40. The van der Waals surface area contributed by atoms with Gasteiger partial charge < -0.3 is 10.4 Å². The van der Waals surface area contributed by atoms with E-state index in [0.29, 0.717) is 35.2 Å². The van der Waals surface area contributed by atoms with Crippen LogP contribution in [0.15, 0.2) is 36.4 Å². The fourth-order valence-electron chi connectivity index (χ4n) is 2.88. The molecule has 0 bridgehead atoms. The van der Waals surface area contributed by atoms with Crippen molar-refractivity contribution in [1.29, 1.82) is 0 Å². The van der Waals surface area contributed by atoms with Gasteiger partial charge in [0.1, 0.15) is 5.78 Å². The Kier molecular flexibility index (Phi) is 6.96. The number of aliphatic carboxylic acids is 1. The van der Waals surface area contributed by atoms with Gasteiger partial charge in [-0.3, -0.25) is 9.59 Å². The van der Waals surface area contributed by atoms with Crippen molar-refractivity contribution in [2.45, 2.75) is 39.4 Å². The molecule has 7 heteroatoms. The Morgan fingerprint density at radius 1 is 1.07 bits per heavy atom. The summed E-state index contributed by atoms with van der Waals surface area (Å²) in [4.78, 5) is 22.1. The van der Waals surface area contributed by atoms with E-state index in [0.717, 1.165) is 17.7 Å². The highest BCUT2D eigenvalue weighted by atomic mass is 19.4. The van der Waals surface area contributed by atoms with Gasteiger partial charge in [0.25, 0.3) is 0 Å². The van der Waals surface area contributed by atoms with Crippen LogP contribution in [-0.2, 0) is 28.7 Å². The topological polar surface area (TPSA) is 66.4 Å². The number of rotatable bonds is 8. The average Bonchev–Trinajstić information content (AvgIpc) is 2.59. The molecule has 2 aromatic rings. The summed E-state index contributed by atoms with van der Waals surface area (Å²) < 4.78 is 39.4. The summed E-state index contributed by atoms with van der Waals surface area (Å²) in [6, 6.07) is 8.74. The lowest BCUT2D eigenvalue weighted by Gasteiger charge is -2.16. The second kappa shape index (κ2) is 9.01. The molecule has 28 heavy (non-hydrogen) atoms. The molecule has 0 atom stereocenters. The minimum atomic E-state index is -4.46. The number of carbonyl (C=O) groups is 2. The predicted octanol–water partition coefficient (Wildman–Crippen LogP) is 4.38. The molecule has 0 saturated heterocycles. The summed E-state index contributed by atoms with van der Waals surface area (Å²) in [6.07, 6.45) is -4.33. The van der Waals surface area contributed by atoms with E-state index in [1.54, 1.807) is 25.1 Å². The fourth-order valence-corrected chi connectivity index (χ4v) is 2.88. The third-order valence-corrected chi connectivity index (χ3v) is 4.40. The van der Waals surface area contributed by atoms with Crippen molar-refractivity contribution in [3.63, 3.8) is 0 Å². The first-order valence-corrected chi connectivity index (χ1v) is 8.80. The highest BCUT2D eigenvalue weighted by Crippen LogP contribution is 2.34. The van der Waals surface area contributed by atoms with Crippen LogP contribution in [0.4, 0.5) is 13.2 Å². The van der Waals surface area contributed by atoms with E-state index in [1.165, 1.54) is 13.0 Å². The van der Waals surface area contributed by atoms with Crippen molar-refractivity contribution in [2.24, 2.45) is 0 Å². The molecule has 0 aliphatic heterocycles.